The molecule has 1 aliphatic rings. The number of hydrogen-bond donors (Lipinski definition) is 1. The number of pyridine rings is 1. The van der Waals surface area contributed by atoms with Crippen LogP contribution >= 0.6 is 0 Å². The smallest absolute Gasteiger partial charge is 0.289 e. The summed E-state index contributed by atoms with van der Waals surface area (Å²) in [6.45, 7) is 2.38. The van der Waals surface area contributed by atoms with Gasteiger partial charge in [0.25, 0.3) is 11.8 Å². The van der Waals surface area contributed by atoms with Gasteiger partial charge in [0.1, 0.15) is 5.76 Å². The first-order valence-corrected chi connectivity index (χ1v) is 9.04. The maximum atomic E-state index is 12.8. The number of rotatable bonds is 5. The Labute approximate surface area is 161 Å². The summed E-state index contributed by atoms with van der Waals surface area (Å²) >= 11 is 0. The minimum absolute atomic E-state index is 0.0979. The lowest BCUT2D eigenvalue weighted by Crippen LogP contribution is -2.50. The summed E-state index contributed by atoms with van der Waals surface area (Å²) in [5, 5.41) is 3.19. The van der Waals surface area contributed by atoms with Crippen molar-refractivity contribution in [3.8, 4) is 0 Å². The van der Waals surface area contributed by atoms with E-state index < -0.39 is 0 Å². The fourth-order valence-corrected chi connectivity index (χ4v) is 3.11. The van der Waals surface area contributed by atoms with Crippen LogP contribution in [0.4, 0.5) is 5.69 Å². The number of aromatic nitrogens is 1. The maximum absolute atomic E-state index is 12.8. The second kappa shape index (κ2) is 7.99. The Hall–Kier alpha value is -3.55. The van der Waals surface area contributed by atoms with Gasteiger partial charge in [0.05, 0.1) is 30.3 Å². The highest BCUT2D eigenvalue weighted by Crippen LogP contribution is 2.15. The Bertz CT molecular complexity index is 929. The van der Waals surface area contributed by atoms with E-state index in [1.165, 1.54) is 6.26 Å². The zero-order chi connectivity index (χ0) is 19.3. The molecule has 0 atom stereocenters. The Morgan fingerprint density at radius 3 is 2.36 bits per heavy atom. The second-order valence-corrected chi connectivity index (χ2v) is 6.46. The molecule has 28 heavy (non-hydrogen) atoms. The van der Waals surface area contributed by atoms with E-state index in [-0.39, 0.29) is 11.8 Å². The molecular weight excluding hydrogens is 360 g/mol. The highest BCUT2D eigenvalue weighted by Gasteiger charge is 2.26. The average molecular weight is 380 g/mol. The van der Waals surface area contributed by atoms with Crippen LogP contribution in [0.25, 0.3) is 0 Å². The lowest BCUT2D eigenvalue weighted by molar-refractivity contribution is 0.0518. The van der Waals surface area contributed by atoms with Crippen molar-refractivity contribution in [2.75, 3.05) is 31.5 Å². The van der Waals surface area contributed by atoms with Crippen LogP contribution in [0.15, 0.2) is 64.1 Å². The largest absolute Gasteiger partial charge is 0.467 e. The van der Waals surface area contributed by atoms with Crippen LogP contribution < -0.4 is 5.32 Å². The van der Waals surface area contributed by atoms with E-state index in [1.807, 2.05) is 12.1 Å². The molecule has 0 spiro atoms. The first kappa shape index (κ1) is 17.8. The van der Waals surface area contributed by atoms with Gasteiger partial charge in [0, 0.05) is 38.6 Å². The van der Waals surface area contributed by atoms with Crippen molar-refractivity contribution in [1.82, 2.24) is 14.8 Å². The fourth-order valence-electron chi connectivity index (χ4n) is 3.11. The van der Waals surface area contributed by atoms with Crippen LogP contribution in [0.5, 0.6) is 0 Å². The molecule has 8 nitrogen and oxygen atoms in total. The van der Waals surface area contributed by atoms with Gasteiger partial charge in [-0.15, -0.1) is 0 Å². The topological polar surface area (TPSA) is 91.8 Å². The molecular formula is C20H20N4O4. The van der Waals surface area contributed by atoms with E-state index in [4.69, 9.17) is 8.83 Å². The molecule has 4 heterocycles. The molecule has 0 aliphatic carbocycles. The highest BCUT2D eigenvalue weighted by atomic mass is 16.3. The first-order chi connectivity index (χ1) is 13.7. The lowest BCUT2D eigenvalue weighted by atomic mass is 10.2. The highest BCUT2D eigenvalue weighted by molar-refractivity contribution is 5.95. The van der Waals surface area contributed by atoms with Gasteiger partial charge in [-0.25, -0.2) is 0 Å². The number of anilines is 1. The van der Waals surface area contributed by atoms with Gasteiger partial charge in [0.15, 0.2) is 5.76 Å². The van der Waals surface area contributed by atoms with E-state index in [1.54, 1.807) is 46.7 Å². The van der Waals surface area contributed by atoms with Crippen LogP contribution in [0.3, 0.4) is 0 Å². The third-order valence-corrected chi connectivity index (χ3v) is 4.62. The summed E-state index contributed by atoms with van der Waals surface area (Å²) in [7, 11) is 0. The molecule has 3 aromatic rings. The SMILES string of the molecule is O=C(c1cncc(NCc2ccco2)c1)N1CCN(C(=O)c2ccco2)CC1. The Balaban J connectivity index is 1.34. The predicted molar refractivity (Wildman–Crippen MR) is 101 cm³/mol. The number of piperazine rings is 1. The summed E-state index contributed by atoms with van der Waals surface area (Å²) in [6, 6.07) is 8.81. The number of carbonyl (C=O) groups excluding carboxylic acids is 2. The van der Waals surface area contributed by atoms with Crippen molar-refractivity contribution in [2.45, 2.75) is 6.54 Å². The minimum atomic E-state index is -0.150. The Morgan fingerprint density at radius 1 is 0.964 bits per heavy atom. The summed E-state index contributed by atoms with van der Waals surface area (Å²) in [5.74, 6) is 0.871. The number of nitrogens with zero attached hydrogens (tertiary/aromatic N) is 3. The molecule has 1 aliphatic heterocycles. The zero-order valence-corrected chi connectivity index (χ0v) is 15.2. The molecule has 2 amide bonds. The molecule has 1 fully saturated rings. The van der Waals surface area contributed by atoms with Crippen molar-refractivity contribution in [1.29, 1.82) is 0 Å². The van der Waals surface area contributed by atoms with Crippen molar-refractivity contribution in [3.63, 3.8) is 0 Å². The number of hydrogen-bond acceptors (Lipinski definition) is 6. The molecule has 144 valence electrons. The molecule has 1 saturated heterocycles. The molecule has 1 N–H and O–H groups in total. The van der Waals surface area contributed by atoms with Crippen molar-refractivity contribution in [2.24, 2.45) is 0 Å². The van der Waals surface area contributed by atoms with E-state index in [0.29, 0.717) is 44.0 Å². The third-order valence-electron chi connectivity index (χ3n) is 4.62. The number of amides is 2. The number of furan rings is 2. The van der Waals surface area contributed by atoms with Crippen LogP contribution in [-0.2, 0) is 6.54 Å². The molecule has 0 radical (unpaired) electrons. The van der Waals surface area contributed by atoms with Gasteiger partial charge < -0.3 is 24.0 Å². The van der Waals surface area contributed by atoms with Crippen molar-refractivity contribution < 1.29 is 18.4 Å². The number of carbonyl (C=O) groups is 2. The van der Waals surface area contributed by atoms with Gasteiger partial charge in [0.2, 0.25) is 0 Å². The monoisotopic (exact) mass is 380 g/mol. The molecule has 0 unspecified atom stereocenters. The predicted octanol–water partition coefficient (Wildman–Crippen LogP) is 2.48. The zero-order valence-electron chi connectivity index (χ0n) is 15.2. The first-order valence-electron chi connectivity index (χ1n) is 9.04. The van der Waals surface area contributed by atoms with Crippen LogP contribution in [-0.4, -0.2) is 52.8 Å². The van der Waals surface area contributed by atoms with Gasteiger partial charge >= 0.3 is 0 Å². The molecule has 0 saturated carbocycles. The molecule has 4 rings (SSSR count). The van der Waals surface area contributed by atoms with E-state index in [9.17, 15) is 9.59 Å². The van der Waals surface area contributed by atoms with Gasteiger partial charge in [-0.2, -0.15) is 0 Å². The standard InChI is InChI=1S/C20H20N4O4/c25-19(15-11-16(13-21-12-15)22-14-17-3-1-9-27-17)23-5-7-24(8-6-23)20(26)18-4-2-10-28-18/h1-4,9-13,22H,5-8,14H2. The van der Waals surface area contributed by atoms with E-state index >= 15 is 0 Å². The van der Waals surface area contributed by atoms with Crippen LogP contribution in [0, 0.1) is 0 Å². The Kier molecular flexibility index (Phi) is 5.09. The minimum Gasteiger partial charge on any atom is -0.467 e. The summed E-state index contributed by atoms with van der Waals surface area (Å²) in [5.41, 5.74) is 1.25. The molecule has 8 heteroatoms. The normalized spacial score (nSPS) is 14.1. The molecule has 0 aromatic carbocycles. The van der Waals surface area contributed by atoms with E-state index in [2.05, 4.69) is 10.3 Å². The summed E-state index contributed by atoms with van der Waals surface area (Å²) in [4.78, 5) is 32.7. The van der Waals surface area contributed by atoms with Crippen LogP contribution in [0.2, 0.25) is 0 Å². The maximum Gasteiger partial charge on any atom is 0.289 e. The quantitative estimate of drug-likeness (QED) is 0.731. The molecule has 0 bridgehead atoms. The van der Waals surface area contributed by atoms with Gasteiger partial charge in [-0.1, -0.05) is 0 Å². The third kappa shape index (κ3) is 3.90. The average Bonchev–Trinajstić information content (AvgIpc) is 3.46. The summed E-state index contributed by atoms with van der Waals surface area (Å²) < 4.78 is 10.4. The number of nitrogens with one attached hydrogen (secondary N) is 1. The van der Waals surface area contributed by atoms with Crippen molar-refractivity contribution >= 4 is 17.5 Å². The Morgan fingerprint density at radius 2 is 1.68 bits per heavy atom. The van der Waals surface area contributed by atoms with Gasteiger partial charge in [-0.3, -0.25) is 14.6 Å². The van der Waals surface area contributed by atoms with Crippen molar-refractivity contribution in [3.05, 3.63) is 72.3 Å². The van der Waals surface area contributed by atoms with Gasteiger partial charge in [-0.05, 0) is 30.3 Å². The second-order valence-electron chi connectivity index (χ2n) is 6.46. The molecule has 3 aromatic heterocycles. The van der Waals surface area contributed by atoms with Crippen LogP contribution in [0.1, 0.15) is 26.7 Å². The summed E-state index contributed by atoms with van der Waals surface area (Å²) in [6.07, 6.45) is 6.32. The van der Waals surface area contributed by atoms with E-state index in [0.717, 1.165) is 11.4 Å². The fraction of sp³-hybridized carbons (Fsp3) is 0.250. The lowest BCUT2D eigenvalue weighted by Gasteiger charge is -2.34.